The summed E-state index contributed by atoms with van der Waals surface area (Å²) in [5.74, 6) is -3.87. The third-order valence-electron chi connectivity index (χ3n) is 3.19. The van der Waals surface area contributed by atoms with Crippen LogP contribution >= 0.6 is 11.8 Å². The van der Waals surface area contributed by atoms with E-state index in [0.717, 1.165) is 17.0 Å². The minimum atomic E-state index is -4.82. The van der Waals surface area contributed by atoms with Gasteiger partial charge in [0.25, 0.3) is 0 Å². The molecule has 0 aliphatic carbocycles. The van der Waals surface area contributed by atoms with E-state index in [2.05, 4.69) is 14.7 Å². The number of benzene rings is 2. The summed E-state index contributed by atoms with van der Waals surface area (Å²) in [6, 6.07) is 10.8. The van der Waals surface area contributed by atoms with Crippen LogP contribution in [0.15, 0.2) is 51.9 Å². The van der Waals surface area contributed by atoms with Gasteiger partial charge in [0.15, 0.2) is 0 Å². The van der Waals surface area contributed by atoms with Crippen molar-refractivity contribution in [3.63, 3.8) is 0 Å². The number of aromatic nitrogens is 2. The Labute approximate surface area is 142 Å². The van der Waals surface area contributed by atoms with Crippen LogP contribution in [0.5, 0.6) is 0 Å². The molecule has 0 aliphatic rings. The van der Waals surface area contributed by atoms with Crippen molar-refractivity contribution in [2.24, 2.45) is 0 Å². The van der Waals surface area contributed by atoms with Crippen LogP contribution in [0.25, 0.3) is 11.4 Å². The molecule has 9 heteroatoms. The molecule has 0 saturated heterocycles. The maximum atomic E-state index is 14.2. The SMILES string of the molecule is Fc1cc(-c2noc(C(F)(F)F)n2)cc(F)c1CSc1ccccc1. The average molecular weight is 372 g/mol. The number of thioether (sulfide) groups is 1. The summed E-state index contributed by atoms with van der Waals surface area (Å²) < 4.78 is 69.8. The molecule has 0 fully saturated rings. The standard InChI is InChI=1S/C16H9F5N2OS/c17-12-6-9(14-22-15(24-23-14)16(19,20)21)7-13(18)11(12)8-25-10-4-2-1-3-5-10/h1-7H,8H2. The predicted molar refractivity (Wildman–Crippen MR) is 80.7 cm³/mol. The van der Waals surface area contributed by atoms with E-state index in [4.69, 9.17) is 0 Å². The average Bonchev–Trinajstić information content (AvgIpc) is 3.05. The highest BCUT2D eigenvalue weighted by Gasteiger charge is 2.38. The molecule has 3 aromatic rings. The van der Waals surface area contributed by atoms with Crippen LogP contribution in [0, 0.1) is 11.6 Å². The van der Waals surface area contributed by atoms with Crippen molar-refractivity contribution in [2.75, 3.05) is 0 Å². The maximum absolute atomic E-state index is 14.2. The lowest BCUT2D eigenvalue weighted by molar-refractivity contribution is -0.159. The number of halogens is 5. The summed E-state index contributed by atoms with van der Waals surface area (Å²) in [5, 5.41) is 3.11. The second-order valence-corrected chi connectivity index (χ2v) is 5.99. The summed E-state index contributed by atoms with van der Waals surface area (Å²) in [7, 11) is 0. The Hall–Kier alpha value is -2.42. The summed E-state index contributed by atoms with van der Waals surface area (Å²) >= 11 is 1.23. The van der Waals surface area contributed by atoms with Crippen molar-refractivity contribution in [3.05, 3.63) is 65.6 Å². The first-order chi connectivity index (χ1) is 11.8. The molecule has 0 aliphatic heterocycles. The minimum Gasteiger partial charge on any atom is -0.329 e. The lowest BCUT2D eigenvalue weighted by Crippen LogP contribution is -2.05. The number of hydrogen-bond acceptors (Lipinski definition) is 4. The molecular weight excluding hydrogens is 363 g/mol. The van der Waals surface area contributed by atoms with Crippen LogP contribution in [0.1, 0.15) is 11.5 Å². The molecule has 3 nitrogen and oxygen atoms in total. The van der Waals surface area contributed by atoms with E-state index >= 15 is 0 Å². The van der Waals surface area contributed by atoms with Gasteiger partial charge in [-0.1, -0.05) is 23.4 Å². The smallest absolute Gasteiger partial charge is 0.329 e. The fourth-order valence-electron chi connectivity index (χ4n) is 2.00. The highest BCUT2D eigenvalue weighted by atomic mass is 32.2. The van der Waals surface area contributed by atoms with Gasteiger partial charge in [-0.05, 0) is 24.3 Å². The molecule has 1 aromatic heterocycles. The summed E-state index contributed by atoms with van der Waals surface area (Å²) in [6.07, 6.45) is -4.82. The van der Waals surface area contributed by atoms with Gasteiger partial charge < -0.3 is 4.52 Å². The van der Waals surface area contributed by atoms with Crippen molar-refractivity contribution >= 4 is 11.8 Å². The van der Waals surface area contributed by atoms with Crippen molar-refractivity contribution in [3.8, 4) is 11.4 Å². The molecule has 3 rings (SSSR count). The van der Waals surface area contributed by atoms with Gasteiger partial charge >= 0.3 is 12.1 Å². The molecule has 2 aromatic carbocycles. The lowest BCUT2D eigenvalue weighted by atomic mass is 10.1. The van der Waals surface area contributed by atoms with E-state index in [-0.39, 0.29) is 16.9 Å². The quantitative estimate of drug-likeness (QED) is 0.459. The highest BCUT2D eigenvalue weighted by Crippen LogP contribution is 2.31. The molecule has 0 radical (unpaired) electrons. The van der Waals surface area contributed by atoms with Crippen molar-refractivity contribution in [2.45, 2.75) is 16.8 Å². The highest BCUT2D eigenvalue weighted by molar-refractivity contribution is 7.98. The van der Waals surface area contributed by atoms with Gasteiger partial charge in [-0.25, -0.2) is 8.78 Å². The number of alkyl halides is 3. The molecule has 0 bridgehead atoms. The first-order valence-corrected chi connectivity index (χ1v) is 7.90. The van der Waals surface area contributed by atoms with Gasteiger partial charge in [0.2, 0.25) is 5.82 Å². The second kappa shape index (κ2) is 6.83. The van der Waals surface area contributed by atoms with Gasteiger partial charge in [-0.2, -0.15) is 18.2 Å². The Morgan fingerprint density at radius 2 is 1.64 bits per heavy atom. The van der Waals surface area contributed by atoms with Gasteiger partial charge in [-0.15, -0.1) is 11.8 Å². The summed E-state index contributed by atoms with van der Waals surface area (Å²) in [4.78, 5) is 3.95. The zero-order valence-corrected chi connectivity index (χ0v) is 13.2. The molecule has 130 valence electrons. The van der Waals surface area contributed by atoms with Crippen LogP contribution in [-0.4, -0.2) is 10.1 Å². The van der Waals surface area contributed by atoms with Gasteiger partial charge in [0.1, 0.15) is 11.6 Å². The third kappa shape index (κ3) is 3.98. The van der Waals surface area contributed by atoms with Crippen LogP contribution in [0.3, 0.4) is 0 Å². The number of hydrogen-bond donors (Lipinski definition) is 0. The van der Waals surface area contributed by atoms with Crippen LogP contribution in [0.2, 0.25) is 0 Å². The van der Waals surface area contributed by atoms with E-state index in [1.165, 1.54) is 11.8 Å². The largest absolute Gasteiger partial charge is 0.471 e. The van der Waals surface area contributed by atoms with Gasteiger partial charge in [-0.3, -0.25) is 0 Å². The van der Waals surface area contributed by atoms with E-state index < -0.39 is 29.5 Å². The Balaban J connectivity index is 1.84. The number of nitrogens with zero attached hydrogens (tertiary/aromatic N) is 2. The fourth-order valence-corrected chi connectivity index (χ4v) is 2.93. The third-order valence-corrected chi connectivity index (χ3v) is 4.23. The van der Waals surface area contributed by atoms with E-state index in [0.29, 0.717) is 0 Å². The monoisotopic (exact) mass is 372 g/mol. The van der Waals surface area contributed by atoms with Crippen LogP contribution in [0.4, 0.5) is 22.0 Å². The first kappa shape index (κ1) is 17.4. The van der Waals surface area contributed by atoms with Crippen LogP contribution in [-0.2, 0) is 11.9 Å². The van der Waals surface area contributed by atoms with Crippen molar-refractivity contribution < 1.29 is 26.5 Å². The van der Waals surface area contributed by atoms with Gasteiger partial charge in [0, 0.05) is 21.8 Å². The first-order valence-electron chi connectivity index (χ1n) is 6.91. The van der Waals surface area contributed by atoms with E-state index in [1.807, 2.05) is 6.07 Å². The lowest BCUT2D eigenvalue weighted by Gasteiger charge is -2.06. The second-order valence-electron chi connectivity index (χ2n) is 4.94. The van der Waals surface area contributed by atoms with Gasteiger partial charge in [0.05, 0.1) is 0 Å². The topological polar surface area (TPSA) is 38.9 Å². The molecule has 0 amide bonds. The molecule has 0 N–H and O–H groups in total. The molecule has 1 heterocycles. The predicted octanol–water partition coefficient (Wildman–Crippen LogP) is 5.33. The fraction of sp³-hybridized carbons (Fsp3) is 0.125. The van der Waals surface area contributed by atoms with Crippen molar-refractivity contribution in [1.29, 1.82) is 0 Å². The minimum absolute atomic E-state index is 0.0298. The normalized spacial score (nSPS) is 11.7. The Morgan fingerprint density at radius 3 is 2.20 bits per heavy atom. The summed E-state index contributed by atoms with van der Waals surface area (Å²) in [6.45, 7) is 0. The zero-order chi connectivity index (χ0) is 18.0. The number of rotatable bonds is 4. The Bertz CT molecular complexity index is 857. The Kier molecular flexibility index (Phi) is 4.76. The zero-order valence-electron chi connectivity index (χ0n) is 12.3. The van der Waals surface area contributed by atoms with E-state index in [9.17, 15) is 22.0 Å². The van der Waals surface area contributed by atoms with Crippen molar-refractivity contribution in [1.82, 2.24) is 10.1 Å². The molecular formula is C16H9F5N2OS. The molecule has 0 spiro atoms. The van der Waals surface area contributed by atoms with E-state index in [1.54, 1.807) is 24.3 Å². The molecule has 0 saturated carbocycles. The molecule has 0 atom stereocenters. The maximum Gasteiger partial charge on any atom is 0.471 e. The molecule has 25 heavy (non-hydrogen) atoms. The summed E-state index contributed by atoms with van der Waals surface area (Å²) in [5.41, 5.74) is -0.417. The van der Waals surface area contributed by atoms with Crippen LogP contribution < -0.4 is 0 Å². The Morgan fingerprint density at radius 1 is 1.00 bits per heavy atom. The molecule has 0 unspecified atom stereocenters.